The summed E-state index contributed by atoms with van der Waals surface area (Å²) in [6, 6.07) is 0.274. The van der Waals surface area contributed by atoms with Crippen molar-refractivity contribution in [2.75, 3.05) is 20.1 Å². The molecule has 6 nitrogen and oxygen atoms in total. The number of guanidine groups is 1. The molecule has 1 amide bonds. The standard InChI is InChI=1S/C18H29N5OS.HI/c1-12-13(2)25-16(21-12)10-20-18(19-3)22-15-8-9-23(11-15)17(24)14-6-4-5-7-14;/h14-15H,4-11H2,1-3H3,(H2,19,20,22);1H. The zero-order chi connectivity index (χ0) is 17.8. The van der Waals surface area contributed by atoms with Crippen LogP contribution in [0.25, 0.3) is 0 Å². The molecule has 0 spiro atoms. The summed E-state index contributed by atoms with van der Waals surface area (Å²) in [6.07, 6.45) is 5.54. The lowest BCUT2D eigenvalue weighted by molar-refractivity contribution is -0.134. The van der Waals surface area contributed by atoms with E-state index in [0.29, 0.717) is 12.5 Å². The smallest absolute Gasteiger partial charge is 0.225 e. The second-order valence-electron chi connectivity index (χ2n) is 7.07. The number of aryl methyl sites for hydroxylation is 2. The monoisotopic (exact) mass is 491 g/mol. The van der Waals surface area contributed by atoms with Gasteiger partial charge in [-0.3, -0.25) is 9.79 Å². The number of carbonyl (C=O) groups excluding carboxylic acids is 1. The number of thiazole rings is 1. The van der Waals surface area contributed by atoms with Crippen molar-refractivity contribution in [3.8, 4) is 0 Å². The third kappa shape index (κ3) is 5.31. The number of nitrogens with one attached hydrogen (secondary N) is 2. The van der Waals surface area contributed by atoms with Gasteiger partial charge >= 0.3 is 0 Å². The maximum Gasteiger partial charge on any atom is 0.225 e. The largest absolute Gasteiger partial charge is 0.352 e. The number of halogens is 1. The summed E-state index contributed by atoms with van der Waals surface area (Å²) in [5, 5.41) is 7.86. The van der Waals surface area contributed by atoms with Gasteiger partial charge in [0.25, 0.3) is 0 Å². The molecule has 1 aliphatic carbocycles. The number of hydrogen-bond donors (Lipinski definition) is 2. The third-order valence-electron chi connectivity index (χ3n) is 5.25. The van der Waals surface area contributed by atoms with E-state index in [1.807, 2.05) is 11.8 Å². The number of carbonyl (C=O) groups is 1. The van der Waals surface area contributed by atoms with E-state index in [-0.39, 0.29) is 35.9 Å². The van der Waals surface area contributed by atoms with Gasteiger partial charge in [-0.05, 0) is 33.1 Å². The Bertz CT molecular complexity index is 622. The van der Waals surface area contributed by atoms with Crippen molar-refractivity contribution in [1.29, 1.82) is 0 Å². The minimum Gasteiger partial charge on any atom is -0.352 e. The van der Waals surface area contributed by atoms with Gasteiger partial charge in [-0.1, -0.05) is 12.8 Å². The highest BCUT2D eigenvalue weighted by Gasteiger charge is 2.32. The molecular weight excluding hydrogens is 461 g/mol. The van der Waals surface area contributed by atoms with Gasteiger partial charge in [0.05, 0.1) is 12.2 Å². The number of amides is 1. The molecule has 0 aromatic carbocycles. The summed E-state index contributed by atoms with van der Waals surface area (Å²) in [5.41, 5.74) is 1.10. The Morgan fingerprint density at radius 2 is 2.04 bits per heavy atom. The van der Waals surface area contributed by atoms with Crippen molar-refractivity contribution in [2.24, 2.45) is 10.9 Å². The number of aliphatic imine (C=N–C) groups is 1. The van der Waals surface area contributed by atoms with Crippen molar-refractivity contribution in [2.45, 2.75) is 58.5 Å². The van der Waals surface area contributed by atoms with Gasteiger partial charge in [0.15, 0.2) is 5.96 Å². The van der Waals surface area contributed by atoms with Gasteiger partial charge in [0, 0.05) is 37.0 Å². The summed E-state index contributed by atoms with van der Waals surface area (Å²) in [5.74, 6) is 1.41. The third-order valence-corrected chi connectivity index (χ3v) is 6.32. The van der Waals surface area contributed by atoms with Crippen LogP contribution in [0.15, 0.2) is 4.99 Å². The van der Waals surface area contributed by atoms with Crippen LogP contribution < -0.4 is 10.6 Å². The Morgan fingerprint density at radius 1 is 1.31 bits per heavy atom. The molecule has 2 heterocycles. The van der Waals surface area contributed by atoms with Crippen LogP contribution in [0.1, 0.15) is 47.7 Å². The van der Waals surface area contributed by atoms with Crippen LogP contribution in [0.2, 0.25) is 0 Å². The Balaban J connectivity index is 0.00000243. The van der Waals surface area contributed by atoms with Gasteiger partial charge < -0.3 is 15.5 Å². The molecule has 1 aromatic rings. The first kappa shape index (κ1) is 21.4. The highest BCUT2D eigenvalue weighted by Crippen LogP contribution is 2.27. The van der Waals surface area contributed by atoms with E-state index in [9.17, 15) is 4.79 Å². The fraction of sp³-hybridized carbons (Fsp3) is 0.722. The van der Waals surface area contributed by atoms with Crippen LogP contribution in [0.4, 0.5) is 0 Å². The fourth-order valence-electron chi connectivity index (χ4n) is 3.67. The van der Waals surface area contributed by atoms with E-state index in [1.165, 1.54) is 17.7 Å². The molecule has 1 aromatic heterocycles. The molecule has 0 bridgehead atoms. The van der Waals surface area contributed by atoms with Crippen LogP contribution in [0, 0.1) is 19.8 Å². The summed E-state index contributed by atoms with van der Waals surface area (Å²) in [7, 11) is 1.78. The number of rotatable bonds is 4. The Hall–Kier alpha value is -0.900. The molecule has 26 heavy (non-hydrogen) atoms. The van der Waals surface area contributed by atoms with E-state index >= 15 is 0 Å². The molecule has 1 unspecified atom stereocenters. The van der Waals surface area contributed by atoms with E-state index in [1.54, 1.807) is 18.4 Å². The fourth-order valence-corrected chi connectivity index (χ4v) is 4.55. The van der Waals surface area contributed by atoms with Crippen molar-refractivity contribution in [3.05, 3.63) is 15.6 Å². The van der Waals surface area contributed by atoms with Crippen LogP contribution in [0.3, 0.4) is 0 Å². The molecule has 1 saturated carbocycles. The first-order valence-corrected chi connectivity index (χ1v) is 10.1. The predicted molar refractivity (Wildman–Crippen MR) is 117 cm³/mol. The van der Waals surface area contributed by atoms with E-state index in [0.717, 1.165) is 49.0 Å². The van der Waals surface area contributed by atoms with Crippen molar-refractivity contribution in [1.82, 2.24) is 20.5 Å². The number of aromatic nitrogens is 1. The topological polar surface area (TPSA) is 69.6 Å². The second kappa shape index (κ2) is 9.87. The highest BCUT2D eigenvalue weighted by atomic mass is 127. The maximum absolute atomic E-state index is 12.5. The zero-order valence-electron chi connectivity index (χ0n) is 15.9. The molecule has 8 heteroatoms. The molecule has 2 aliphatic rings. The molecule has 146 valence electrons. The molecule has 1 atom stereocenters. The molecule has 1 aliphatic heterocycles. The molecular formula is C18H30IN5OS. The molecule has 2 N–H and O–H groups in total. The van der Waals surface area contributed by atoms with E-state index in [2.05, 4.69) is 27.5 Å². The van der Waals surface area contributed by atoms with Crippen LogP contribution in [-0.4, -0.2) is 47.9 Å². The van der Waals surface area contributed by atoms with Crippen molar-refractivity contribution in [3.63, 3.8) is 0 Å². The SMILES string of the molecule is CN=C(NCc1nc(C)c(C)s1)NC1CCN(C(=O)C2CCCC2)C1.I. The summed E-state index contributed by atoms with van der Waals surface area (Å²) in [4.78, 5) is 24.7. The van der Waals surface area contributed by atoms with Gasteiger partial charge in [-0.25, -0.2) is 4.98 Å². The Labute approximate surface area is 177 Å². The summed E-state index contributed by atoms with van der Waals surface area (Å²) >= 11 is 1.72. The normalized spacial score (nSPS) is 21.0. The van der Waals surface area contributed by atoms with E-state index < -0.39 is 0 Å². The number of hydrogen-bond acceptors (Lipinski definition) is 4. The zero-order valence-corrected chi connectivity index (χ0v) is 19.0. The van der Waals surface area contributed by atoms with Gasteiger partial charge in [-0.15, -0.1) is 35.3 Å². The maximum atomic E-state index is 12.5. The van der Waals surface area contributed by atoms with Crippen LogP contribution in [-0.2, 0) is 11.3 Å². The lowest BCUT2D eigenvalue weighted by Crippen LogP contribution is -2.45. The van der Waals surface area contributed by atoms with Crippen LogP contribution in [0.5, 0.6) is 0 Å². The van der Waals surface area contributed by atoms with Crippen molar-refractivity contribution < 1.29 is 4.79 Å². The first-order valence-electron chi connectivity index (χ1n) is 9.25. The van der Waals surface area contributed by atoms with Crippen molar-refractivity contribution >= 4 is 47.2 Å². The molecule has 3 rings (SSSR count). The van der Waals surface area contributed by atoms with E-state index in [4.69, 9.17) is 0 Å². The lowest BCUT2D eigenvalue weighted by atomic mass is 10.1. The molecule has 0 radical (unpaired) electrons. The molecule has 1 saturated heterocycles. The highest BCUT2D eigenvalue weighted by molar-refractivity contribution is 14.0. The second-order valence-corrected chi connectivity index (χ2v) is 8.36. The lowest BCUT2D eigenvalue weighted by Gasteiger charge is -2.21. The minimum absolute atomic E-state index is 0. The van der Waals surface area contributed by atoms with Crippen LogP contribution >= 0.6 is 35.3 Å². The Morgan fingerprint density at radius 3 is 2.65 bits per heavy atom. The summed E-state index contributed by atoms with van der Waals surface area (Å²) < 4.78 is 0. The average molecular weight is 491 g/mol. The van der Waals surface area contributed by atoms with Gasteiger partial charge in [0.2, 0.25) is 5.91 Å². The first-order chi connectivity index (χ1) is 12.1. The summed E-state index contributed by atoms with van der Waals surface area (Å²) in [6.45, 7) is 6.45. The predicted octanol–water partition coefficient (Wildman–Crippen LogP) is 2.83. The van der Waals surface area contributed by atoms with Gasteiger partial charge in [-0.2, -0.15) is 0 Å². The number of nitrogens with zero attached hydrogens (tertiary/aromatic N) is 3. The Kier molecular flexibility index (Phi) is 8.12. The number of likely N-dealkylation sites (tertiary alicyclic amines) is 1. The van der Waals surface area contributed by atoms with Gasteiger partial charge in [0.1, 0.15) is 5.01 Å². The average Bonchev–Trinajstić information content (AvgIpc) is 3.33. The quantitative estimate of drug-likeness (QED) is 0.386. The minimum atomic E-state index is 0. The molecule has 2 fully saturated rings.